The van der Waals surface area contributed by atoms with Crippen molar-refractivity contribution < 1.29 is 5.11 Å². The highest BCUT2D eigenvalue weighted by Gasteiger charge is 2.28. The molecule has 0 spiro atoms. The van der Waals surface area contributed by atoms with Crippen molar-refractivity contribution in [3.8, 4) is 0 Å². The molecule has 0 heterocycles. The van der Waals surface area contributed by atoms with Gasteiger partial charge in [0, 0.05) is 0 Å². The van der Waals surface area contributed by atoms with Gasteiger partial charge < -0.3 is 5.11 Å². The van der Waals surface area contributed by atoms with Crippen LogP contribution < -0.4 is 0 Å². The molecule has 1 nitrogen and oxygen atoms in total. The summed E-state index contributed by atoms with van der Waals surface area (Å²) < 4.78 is 0. The molecule has 2 saturated carbocycles. The molecule has 0 bridgehead atoms. The Morgan fingerprint density at radius 1 is 1.06 bits per heavy atom. The van der Waals surface area contributed by atoms with Gasteiger partial charge in [0.15, 0.2) is 0 Å². The molecule has 1 N–H and O–H groups in total. The van der Waals surface area contributed by atoms with E-state index in [1.165, 1.54) is 36.8 Å². The lowest BCUT2D eigenvalue weighted by atomic mass is 9.92. The molecule has 16 heavy (non-hydrogen) atoms. The van der Waals surface area contributed by atoms with E-state index >= 15 is 0 Å². The first-order chi connectivity index (χ1) is 7.47. The summed E-state index contributed by atoms with van der Waals surface area (Å²) in [6.45, 7) is 6.61. The van der Waals surface area contributed by atoms with E-state index in [9.17, 15) is 5.11 Å². The molecule has 1 atom stereocenters. The van der Waals surface area contributed by atoms with Crippen molar-refractivity contribution in [1.82, 2.24) is 0 Å². The summed E-state index contributed by atoms with van der Waals surface area (Å²) in [6, 6.07) is 0. The van der Waals surface area contributed by atoms with Crippen molar-refractivity contribution >= 4 is 0 Å². The molecule has 2 aliphatic rings. The predicted octanol–water partition coefficient (Wildman–Crippen LogP) is 3.98. The van der Waals surface area contributed by atoms with Crippen molar-refractivity contribution in [2.24, 2.45) is 5.41 Å². The van der Waals surface area contributed by atoms with E-state index in [0.717, 1.165) is 12.8 Å². The lowest BCUT2D eigenvalue weighted by Gasteiger charge is -2.16. The van der Waals surface area contributed by atoms with E-state index < -0.39 is 0 Å². The van der Waals surface area contributed by atoms with Crippen LogP contribution in [0.1, 0.15) is 59.3 Å². The van der Waals surface area contributed by atoms with Crippen LogP contribution in [-0.2, 0) is 0 Å². The van der Waals surface area contributed by atoms with Crippen molar-refractivity contribution in [2.75, 3.05) is 0 Å². The SMILES string of the molecule is CC(C)(C)C=C1CCC(=C2CCCC2)C1O. The first-order valence-electron chi connectivity index (χ1n) is 6.58. The normalized spacial score (nSPS) is 29.5. The fraction of sp³-hybridized carbons (Fsp3) is 0.733. The minimum Gasteiger partial charge on any atom is -0.384 e. The van der Waals surface area contributed by atoms with Gasteiger partial charge >= 0.3 is 0 Å². The van der Waals surface area contributed by atoms with Crippen molar-refractivity contribution in [2.45, 2.75) is 65.4 Å². The molecule has 0 aromatic heterocycles. The third-order valence-electron chi connectivity index (χ3n) is 3.64. The second kappa shape index (κ2) is 4.37. The van der Waals surface area contributed by atoms with Gasteiger partial charge in [-0.05, 0) is 55.1 Å². The fourth-order valence-corrected chi connectivity index (χ4v) is 2.98. The highest BCUT2D eigenvalue weighted by atomic mass is 16.3. The molecule has 0 amide bonds. The molecule has 1 unspecified atom stereocenters. The Kier molecular flexibility index (Phi) is 3.25. The largest absolute Gasteiger partial charge is 0.384 e. The number of hydrogen-bond acceptors (Lipinski definition) is 1. The number of hydrogen-bond donors (Lipinski definition) is 1. The van der Waals surface area contributed by atoms with Crippen molar-refractivity contribution in [1.29, 1.82) is 0 Å². The quantitative estimate of drug-likeness (QED) is 0.612. The molecule has 2 rings (SSSR count). The molecule has 1 heteroatoms. The lowest BCUT2D eigenvalue weighted by Crippen LogP contribution is -2.10. The zero-order valence-corrected chi connectivity index (χ0v) is 10.8. The molecule has 2 aliphatic carbocycles. The second-order valence-electron chi connectivity index (χ2n) is 6.32. The first kappa shape index (κ1) is 11.9. The Balaban J connectivity index is 2.19. The average Bonchev–Trinajstić information content (AvgIpc) is 2.75. The molecule has 0 aromatic carbocycles. The van der Waals surface area contributed by atoms with Gasteiger partial charge in [0.2, 0.25) is 0 Å². The Hall–Kier alpha value is -0.560. The number of rotatable bonds is 0. The number of allylic oxidation sites excluding steroid dienone is 2. The van der Waals surface area contributed by atoms with Gasteiger partial charge in [0.25, 0.3) is 0 Å². The minimum absolute atomic E-state index is 0.187. The predicted molar refractivity (Wildman–Crippen MR) is 68.3 cm³/mol. The molecule has 0 aromatic rings. The Bertz CT molecular complexity index is 320. The van der Waals surface area contributed by atoms with Crippen LogP contribution in [0.3, 0.4) is 0 Å². The number of aliphatic hydroxyl groups is 1. The third-order valence-corrected chi connectivity index (χ3v) is 3.64. The highest BCUT2D eigenvalue weighted by molar-refractivity contribution is 5.35. The van der Waals surface area contributed by atoms with Gasteiger partial charge in [-0.1, -0.05) is 32.4 Å². The van der Waals surface area contributed by atoms with E-state index in [0.29, 0.717) is 0 Å². The monoisotopic (exact) mass is 220 g/mol. The maximum Gasteiger partial charge on any atom is 0.0964 e. The Morgan fingerprint density at radius 3 is 2.25 bits per heavy atom. The van der Waals surface area contributed by atoms with Crippen LogP contribution in [0.4, 0.5) is 0 Å². The highest BCUT2D eigenvalue weighted by Crippen LogP contribution is 2.39. The van der Waals surface area contributed by atoms with Crippen LogP contribution in [-0.4, -0.2) is 11.2 Å². The molecule has 0 aliphatic heterocycles. The molecule has 2 fully saturated rings. The second-order valence-corrected chi connectivity index (χ2v) is 6.32. The summed E-state index contributed by atoms with van der Waals surface area (Å²) in [5.41, 5.74) is 4.35. The van der Waals surface area contributed by atoms with E-state index in [4.69, 9.17) is 0 Å². The molecular formula is C15H24O. The van der Waals surface area contributed by atoms with Crippen LogP contribution in [0, 0.1) is 5.41 Å². The van der Waals surface area contributed by atoms with Gasteiger partial charge in [0.1, 0.15) is 0 Å². The van der Waals surface area contributed by atoms with Gasteiger partial charge in [-0.3, -0.25) is 0 Å². The molecular weight excluding hydrogens is 196 g/mol. The van der Waals surface area contributed by atoms with E-state index in [-0.39, 0.29) is 11.5 Å². The van der Waals surface area contributed by atoms with Crippen LogP contribution in [0.5, 0.6) is 0 Å². The van der Waals surface area contributed by atoms with Crippen LogP contribution in [0.2, 0.25) is 0 Å². The zero-order chi connectivity index (χ0) is 11.8. The smallest absolute Gasteiger partial charge is 0.0964 e. The van der Waals surface area contributed by atoms with Gasteiger partial charge in [-0.2, -0.15) is 0 Å². The molecule has 0 saturated heterocycles. The summed E-state index contributed by atoms with van der Waals surface area (Å²) in [7, 11) is 0. The zero-order valence-electron chi connectivity index (χ0n) is 10.8. The third kappa shape index (κ3) is 2.57. The van der Waals surface area contributed by atoms with E-state index in [1.807, 2.05) is 0 Å². The summed E-state index contributed by atoms with van der Waals surface area (Å²) in [5, 5.41) is 10.3. The van der Waals surface area contributed by atoms with Crippen LogP contribution in [0.15, 0.2) is 22.8 Å². The van der Waals surface area contributed by atoms with E-state index in [2.05, 4.69) is 26.8 Å². The molecule has 0 radical (unpaired) electrons. The topological polar surface area (TPSA) is 20.2 Å². The lowest BCUT2D eigenvalue weighted by molar-refractivity contribution is 0.251. The average molecular weight is 220 g/mol. The summed E-state index contributed by atoms with van der Waals surface area (Å²) in [5.74, 6) is 0. The number of aliphatic hydroxyl groups excluding tert-OH is 1. The first-order valence-corrected chi connectivity index (χ1v) is 6.58. The summed E-state index contributed by atoms with van der Waals surface area (Å²) in [6.07, 6.45) is 9.28. The van der Waals surface area contributed by atoms with Gasteiger partial charge in [-0.25, -0.2) is 0 Å². The standard InChI is InChI=1S/C15H24O/c1-15(2,3)10-12-8-9-13(14(12)16)11-6-4-5-7-11/h10,14,16H,4-9H2,1-3H3. The van der Waals surface area contributed by atoms with Crippen LogP contribution >= 0.6 is 0 Å². The van der Waals surface area contributed by atoms with Gasteiger partial charge in [0.05, 0.1) is 6.10 Å². The van der Waals surface area contributed by atoms with Crippen molar-refractivity contribution in [3.05, 3.63) is 22.8 Å². The Labute approximate surface area is 99.3 Å². The maximum absolute atomic E-state index is 10.3. The summed E-state index contributed by atoms with van der Waals surface area (Å²) >= 11 is 0. The summed E-state index contributed by atoms with van der Waals surface area (Å²) in [4.78, 5) is 0. The van der Waals surface area contributed by atoms with E-state index in [1.54, 1.807) is 5.57 Å². The molecule has 90 valence electrons. The van der Waals surface area contributed by atoms with Crippen molar-refractivity contribution in [3.63, 3.8) is 0 Å². The Morgan fingerprint density at radius 2 is 1.69 bits per heavy atom. The fourth-order valence-electron chi connectivity index (χ4n) is 2.98. The van der Waals surface area contributed by atoms with Gasteiger partial charge in [-0.15, -0.1) is 0 Å². The van der Waals surface area contributed by atoms with Crippen LogP contribution in [0.25, 0.3) is 0 Å². The maximum atomic E-state index is 10.3. The minimum atomic E-state index is -0.257.